The van der Waals surface area contributed by atoms with Gasteiger partial charge >= 0.3 is 5.97 Å². The summed E-state index contributed by atoms with van der Waals surface area (Å²) < 4.78 is 30.3. The molecule has 1 N–H and O–H groups in total. The average Bonchev–Trinajstić information content (AvgIpc) is 2.42. The predicted octanol–water partition coefficient (Wildman–Crippen LogP) is 2.29. The Morgan fingerprint density at radius 3 is 2.74 bits per heavy atom. The number of ether oxygens (including phenoxy) is 1. The summed E-state index contributed by atoms with van der Waals surface area (Å²) in [6.07, 6.45) is 2.58. The number of aromatic nitrogens is 2. The van der Waals surface area contributed by atoms with Gasteiger partial charge in [0.15, 0.2) is 17.3 Å². The van der Waals surface area contributed by atoms with Gasteiger partial charge in [0.1, 0.15) is 5.82 Å². The van der Waals surface area contributed by atoms with Gasteiger partial charge in [-0.15, -0.1) is 0 Å². The van der Waals surface area contributed by atoms with Crippen molar-refractivity contribution in [3.05, 3.63) is 47.9 Å². The van der Waals surface area contributed by atoms with E-state index >= 15 is 0 Å². The fraction of sp³-hybridized carbons (Fsp3) is 0.0833. The second-order valence-electron chi connectivity index (χ2n) is 3.54. The van der Waals surface area contributed by atoms with E-state index in [0.29, 0.717) is 0 Å². The topological polar surface area (TPSA) is 64.1 Å². The molecule has 0 bridgehead atoms. The van der Waals surface area contributed by atoms with Crippen molar-refractivity contribution in [1.82, 2.24) is 9.97 Å². The monoisotopic (exact) mass is 265 g/mol. The van der Waals surface area contributed by atoms with E-state index in [-0.39, 0.29) is 17.2 Å². The van der Waals surface area contributed by atoms with Crippen LogP contribution in [-0.2, 0) is 4.74 Å². The van der Waals surface area contributed by atoms with E-state index < -0.39 is 17.6 Å². The van der Waals surface area contributed by atoms with Gasteiger partial charge in [0.2, 0.25) is 0 Å². The van der Waals surface area contributed by atoms with Crippen molar-refractivity contribution in [2.45, 2.75) is 0 Å². The molecule has 0 radical (unpaired) electrons. The van der Waals surface area contributed by atoms with Crippen LogP contribution in [0.4, 0.5) is 20.3 Å². The number of methoxy groups -OCH3 is 1. The zero-order valence-corrected chi connectivity index (χ0v) is 9.85. The number of carbonyl (C=O) groups is 1. The van der Waals surface area contributed by atoms with Gasteiger partial charge in [-0.25, -0.2) is 18.6 Å². The molecule has 0 fully saturated rings. The normalized spacial score (nSPS) is 10.1. The van der Waals surface area contributed by atoms with Crippen LogP contribution in [0.5, 0.6) is 0 Å². The molecule has 98 valence electrons. The van der Waals surface area contributed by atoms with Gasteiger partial charge in [-0.2, -0.15) is 0 Å². The molecule has 2 aromatic rings. The minimum Gasteiger partial charge on any atom is -0.464 e. The first-order chi connectivity index (χ1) is 9.10. The Hall–Kier alpha value is -2.57. The lowest BCUT2D eigenvalue weighted by atomic mass is 10.3. The molecule has 0 unspecified atom stereocenters. The summed E-state index contributed by atoms with van der Waals surface area (Å²) in [6.45, 7) is 0. The molecular formula is C12H9F2N3O2. The molecule has 0 saturated heterocycles. The maximum absolute atomic E-state index is 13.0. The number of hydrogen-bond acceptors (Lipinski definition) is 5. The first kappa shape index (κ1) is 12.9. The van der Waals surface area contributed by atoms with Crippen molar-refractivity contribution in [3.63, 3.8) is 0 Å². The molecule has 0 aliphatic carbocycles. The van der Waals surface area contributed by atoms with Crippen LogP contribution >= 0.6 is 0 Å². The molecule has 0 aliphatic rings. The fourth-order valence-electron chi connectivity index (χ4n) is 1.35. The van der Waals surface area contributed by atoms with Crippen LogP contribution in [0.2, 0.25) is 0 Å². The van der Waals surface area contributed by atoms with Gasteiger partial charge in [0, 0.05) is 11.8 Å². The van der Waals surface area contributed by atoms with Crippen molar-refractivity contribution in [1.29, 1.82) is 0 Å². The van der Waals surface area contributed by atoms with Gasteiger partial charge in [0.25, 0.3) is 0 Å². The van der Waals surface area contributed by atoms with E-state index in [0.717, 1.165) is 12.1 Å². The van der Waals surface area contributed by atoms with E-state index in [1.54, 1.807) is 0 Å². The Labute approximate surface area is 107 Å². The second kappa shape index (κ2) is 5.38. The van der Waals surface area contributed by atoms with Crippen LogP contribution < -0.4 is 5.32 Å². The Bertz CT molecular complexity index is 620. The largest absolute Gasteiger partial charge is 0.464 e. The SMILES string of the molecule is COC(=O)c1cncc(Nc2ccc(F)c(F)c2)n1. The van der Waals surface area contributed by atoms with Crippen molar-refractivity contribution >= 4 is 17.5 Å². The number of rotatable bonds is 3. The summed E-state index contributed by atoms with van der Waals surface area (Å²) >= 11 is 0. The fourth-order valence-corrected chi connectivity index (χ4v) is 1.35. The average molecular weight is 265 g/mol. The van der Waals surface area contributed by atoms with Gasteiger partial charge < -0.3 is 10.1 Å². The number of benzene rings is 1. The first-order valence-electron chi connectivity index (χ1n) is 5.22. The van der Waals surface area contributed by atoms with E-state index in [1.807, 2.05) is 0 Å². The predicted molar refractivity (Wildman–Crippen MR) is 63.0 cm³/mol. The third-order valence-electron chi connectivity index (χ3n) is 2.22. The number of carbonyl (C=O) groups excluding carboxylic acids is 1. The minimum atomic E-state index is -0.984. The van der Waals surface area contributed by atoms with Crippen LogP contribution in [0.25, 0.3) is 0 Å². The summed E-state index contributed by atoms with van der Waals surface area (Å²) in [6, 6.07) is 3.29. The molecule has 1 heterocycles. The molecule has 19 heavy (non-hydrogen) atoms. The summed E-state index contributed by atoms with van der Waals surface area (Å²) in [5.74, 6) is -2.35. The molecule has 0 spiro atoms. The molecule has 0 atom stereocenters. The molecule has 2 rings (SSSR count). The minimum absolute atomic E-state index is 0.00934. The lowest BCUT2D eigenvalue weighted by Crippen LogP contribution is -2.06. The van der Waals surface area contributed by atoms with Crippen LogP contribution in [0.15, 0.2) is 30.6 Å². The number of halogens is 2. The number of anilines is 2. The van der Waals surface area contributed by atoms with Gasteiger partial charge in [-0.05, 0) is 12.1 Å². The van der Waals surface area contributed by atoms with E-state index in [1.165, 1.54) is 25.6 Å². The third-order valence-corrected chi connectivity index (χ3v) is 2.22. The Kier molecular flexibility index (Phi) is 3.65. The van der Waals surface area contributed by atoms with Crippen LogP contribution in [0, 0.1) is 11.6 Å². The lowest BCUT2D eigenvalue weighted by Gasteiger charge is -2.06. The van der Waals surface area contributed by atoms with Gasteiger partial charge in [-0.1, -0.05) is 0 Å². The summed E-state index contributed by atoms with van der Waals surface area (Å²) in [5, 5.41) is 2.70. The zero-order valence-electron chi connectivity index (χ0n) is 9.85. The van der Waals surface area contributed by atoms with Crippen molar-refractivity contribution in [3.8, 4) is 0 Å². The summed E-state index contributed by atoms with van der Waals surface area (Å²) in [4.78, 5) is 19.0. The molecule has 5 nitrogen and oxygen atoms in total. The number of hydrogen-bond donors (Lipinski definition) is 1. The standard InChI is InChI=1S/C12H9F2N3O2/c1-19-12(18)10-5-15-6-11(17-10)16-7-2-3-8(13)9(14)4-7/h2-6H,1H3,(H,16,17). The van der Waals surface area contributed by atoms with E-state index in [2.05, 4.69) is 20.0 Å². The molecule has 1 aromatic carbocycles. The summed E-state index contributed by atoms with van der Waals surface area (Å²) in [5.41, 5.74) is 0.297. The summed E-state index contributed by atoms with van der Waals surface area (Å²) in [7, 11) is 1.22. The molecule has 1 aromatic heterocycles. The highest BCUT2D eigenvalue weighted by atomic mass is 19.2. The van der Waals surface area contributed by atoms with Gasteiger partial charge in [-0.3, -0.25) is 4.98 Å². The first-order valence-corrected chi connectivity index (χ1v) is 5.22. The Balaban J connectivity index is 2.23. The molecule has 0 amide bonds. The van der Waals surface area contributed by atoms with Crippen LogP contribution in [0.1, 0.15) is 10.5 Å². The highest BCUT2D eigenvalue weighted by Crippen LogP contribution is 2.17. The number of nitrogens with zero attached hydrogens (tertiary/aromatic N) is 2. The highest BCUT2D eigenvalue weighted by molar-refractivity contribution is 5.87. The number of esters is 1. The number of nitrogens with one attached hydrogen (secondary N) is 1. The smallest absolute Gasteiger partial charge is 0.358 e. The van der Waals surface area contributed by atoms with Gasteiger partial charge in [0.05, 0.1) is 19.5 Å². The van der Waals surface area contributed by atoms with Crippen molar-refractivity contribution in [2.75, 3.05) is 12.4 Å². The maximum atomic E-state index is 13.0. The Morgan fingerprint density at radius 1 is 1.26 bits per heavy atom. The third kappa shape index (κ3) is 3.01. The second-order valence-corrected chi connectivity index (χ2v) is 3.54. The molecule has 0 aliphatic heterocycles. The maximum Gasteiger partial charge on any atom is 0.358 e. The Morgan fingerprint density at radius 2 is 2.05 bits per heavy atom. The highest BCUT2D eigenvalue weighted by Gasteiger charge is 2.09. The lowest BCUT2D eigenvalue weighted by molar-refractivity contribution is 0.0593. The van der Waals surface area contributed by atoms with Crippen molar-refractivity contribution < 1.29 is 18.3 Å². The van der Waals surface area contributed by atoms with Crippen LogP contribution in [-0.4, -0.2) is 23.0 Å². The molecular weight excluding hydrogens is 256 g/mol. The zero-order chi connectivity index (χ0) is 13.8. The molecule has 7 heteroatoms. The van der Waals surface area contributed by atoms with E-state index in [9.17, 15) is 13.6 Å². The quantitative estimate of drug-likeness (QED) is 0.862. The van der Waals surface area contributed by atoms with Crippen molar-refractivity contribution in [2.24, 2.45) is 0 Å². The van der Waals surface area contributed by atoms with E-state index in [4.69, 9.17) is 0 Å². The molecule has 0 saturated carbocycles. The van der Waals surface area contributed by atoms with Crippen LogP contribution in [0.3, 0.4) is 0 Å².